The van der Waals surface area contributed by atoms with Crippen molar-refractivity contribution < 1.29 is 19.0 Å². The Hall–Kier alpha value is -3.83. The van der Waals surface area contributed by atoms with Crippen LogP contribution >= 0.6 is 11.3 Å². The summed E-state index contributed by atoms with van der Waals surface area (Å²) in [5.74, 6) is 0.842. The van der Waals surface area contributed by atoms with Crippen molar-refractivity contribution in [3.8, 4) is 28.8 Å². The van der Waals surface area contributed by atoms with Gasteiger partial charge < -0.3 is 19.5 Å². The van der Waals surface area contributed by atoms with E-state index in [9.17, 15) is 10.1 Å². The molecule has 2 aromatic carbocycles. The van der Waals surface area contributed by atoms with Gasteiger partial charge in [0.25, 0.3) is 0 Å². The minimum atomic E-state index is -0.403. The first-order chi connectivity index (χ1) is 14.6. The highest BCUT2D eigenvalue weighted by Crippen LogP contribution is 2.33. The molecular weight excluding hydrogens is 402 g/mol. The minimum absolute atomic E-state index is 0.392. The van der Waals surface area contributed by atoms with Crippen LogP contribution in [0.5, 0.6) is 11.5 Å². The van der Waals surface area contributed by atoms with Crippen molar-refractivity contribution in [3.05, 3.63) is 64.6 Å². The van der Waals surface area contributed by atoms with Crippen molar-refractivity contribution in [2.75, 3.05) is 26.6 Å². The number of hydrogen-bond donors (Lipinski definition) is 1. The molecule has 3 aromatic rings. The van der Waals surface area contributed by atoms with Crippen molar-refractivity contribution in [3.63, 3.8) is 0 Å². The van der Waals surface area contributed by atoms with Gasteiger partial charge >= 0.3 is 5.97 Å². The predicted octanol–water partition coefficient (Wildman–Crippen LogP) is 4.59. The summed E-state index contributed by atoms with van der Waals surface area (Å²) in [5.41, 5.74) is 3.17. The molecule has 7 nitrogen and oxygen atoms in total. The number of esters is 1. The maximum atomic E-state index is 11.5. The number of carbonyl (C=O) groups excluding carboxylic acids is 1. The molecule has 0 bridgehead atoms. The summed E-state index contributed by atoms with van der Waals surface area (Å²) in [6.45, 7) is 0. The van der Waals surface area contributed by atoms with Crippen LogP contribution < -0.4 is 14.8 Å². The molecule has 1 aromatic heterocycles. The van der Waals surface area contributed by atoms with Crippen LogP contribution in [-0.2, 0) is 4.74 Å². The number of nitriles is 1. The molecule has 1 N–H and O–H groups in total. The molecule has 0 unspecified atom stereocenters. The largest absolute Gasteiger partial charge is 0.493 e. The molecule has 0 aliphatic heterocycles. The zero-order chi connectivity index (χ0) is 21.5. The van der Waals surface area contributed by atoms with Crippen LogP contribution in [0.4, 0.5) is 5.69 Å². The highest BCUT2D eigenvalue weighted by atomic mass is 32.1. The fraction of sp³-hybridized carbons (Fsp3) is 0.136. The molecule has 0 amide bonds. The first-order valence-electron chi connectivity index (χ1n) is 8.83. The van der Waals surface area contributed by atoms with Crippen LogP contribution in [0.25, 0.3) is 16.8 Å². The second-order valence-corrected chi connectivity index (χ2v) is 6.85. The van der Waals surface area contributed by atoms with E-state index in [2.05, 4.69) is 21.1 Å². The van der Waals surface area contributed by atoms with Gasteiger partial charge in [-0.1, -0.05) is 0 Å². The molecule has 0 saturated carbocycles. The topological polar surface area (TPSA) is 93.5 Å². The molecule has 0 aliphatic carbocycles. The van der Waals surface area contributed by atoms with Crippen molar-refractivity contribution in [2.45, 2.75) is 0 Å². The molecule has 0 spiro atoms. The van der Waals surface area contributed by atoms with Crippen LogP contribution in [0.1, 0.15) is 15.4 Å². The number of thiazole rings is 1. The Labute approximate surface area is 178 Å². The fourth-order valence-electron chi connectivity index (χ4n) is 2.64. The molecule has 8 heteroatoms. The van der Waals surface area contributed by atoms with Gasteiger partial charge in [-0.05, 0) is 42.5 Å². The van der Waals surface area contributed by atoms with Gasteiger partial charge in [0, 0.05) is 22.8 Å². The maximum Gasteiger partial charge on any atom is 0.337 e. The molecular formula is C22H19N3O4S. The lowest BCUT2D eigenvalue weighted by atomic mass is 10.1. The Balaban J connectivity index is 1.79. The number of nitrogens with one attached hydrogen (secondary N) is 1. The highest BCUT2D eigenvalue weighted by molar-refractivity contribution is 7.11. The van der Waals surface area contributed by atoms with Crippen molar-refractivity contribution >= 4 is 28.6 Å². The first kappa shape index (κ1) is 20.9. The van der Waals surface area contributed by atoms with Gasteiger partial charge in [-0.2, -0.15) is 5.26 Å². The van der Waals surface area contributed by atoms with Gasteiger partial charge in [-0.3, -0.25) is 0 Å². The molecule has 152 valence electrons. The smallest absolute Gasteiger partial charge is 0.337 e. The number of carbonyl (C=O) groups is 1. The van der Waals surface area contributed by atoms with E-state index in [1.54, 1.807) is 44.7 Å². The van der Waals surface area contributed by atoms with E-state index >= 15 is 0 Å². The lowest BCUT2D eigenvalue weighted by Gasteiger charge is -2.08. The molecule has 0 atom stereocenters. The molecule has 0 fully saturated rings. The lowest BCUT2D eigenvalue weighted by molar-refractivity contribution is 0.0601. The van der Waals surface area contributed by atoms with Gasteiger partial charge in [0.2, 0.25) is 0 Å². The summed E-state index contributed by atoms with van der Waals surface area (Å²) in [7, 11) is 4.49. The second-order valence-electron chi connectivity index (χ2n) is 5.99. The van der Waals surface area contributed by atoms with Crippen LogP contribution in [-0.4, -0.2) is 32.3 Å². The quantitative estimate of drug-likeness (QED) is 0.440. The summed E-state index contributed by atoms with van der Waals surface area (Å²) in [4.78, 5) is 16.1. The Morgan fingerprint density at radius 1 is 1.10 bits per heavy atom. The number of anilines is 1. The highest BCUT2D eigenvalue weighted by Gasteiger charge is 2.12. The van der Waals surface area contributed by atoms with Crippen molar-refractivity contribution in [1.29, 1.82) is 5.26 Å². The molecule has 3 rings (SSSR count). The van der Waals surface area contributed by atoms with Crippen LogP contribution in [0, 0.1) is 11.3 Å². The Bertz CT molecular complexity index is 1110. The van der Waals surface area contributed by atoms with Crippen LogP contribution in [0.15, 0.2) is 54.0 Å². The van der Waals surface area contributed by atoms with Crippen molar-refractivity contribution in [2.24, 2.45) is 0 Å². The van der Waals surface area contributed by atoms with E-state index in [4.69, 9.17) is 9.47 Å². The van der Waals surface area contributed by atoms with Crippen LogP contribution in [0.3, 0.4) is 0 Å². The average molecular weight is 421 g/mol. The van der Waals surface area contributed by atoms with Gasteiger partial charge in [-0.15, -0.1) is 11.3 Å². The van der Waals surface area contributed by atoms with E-state index in [1.807, 2.05) is 23.6 Å². The van der Waals surface area contributed by atoms with E-state index in [1.165, 1.54) is 18.4 Å². The molecule has 0 saturated heterocycles. The molecule has 0 aliphatic rings. The fourth-order valence-corrected chi connectivity index (χ4v) is 3.44. The number of rotatable bonds is 7. The third-order valence-electron chi connectivity index (χ3n) is 4.22. The van der Waals surface area contributed by atoms with Crippen LogP contribution in [0.2, 0.25) is 0 Å². The van der Waals surface area contributed by atoms with Gasteiger partial charge in [0.1, 0.15) is 16.6 Å². The average Bonchev–Trinajstić information content (AvgIpc) is 3.29. The SMILES string of the molecule is COC(=O)c1ccc(NC=C(C#N)c2nc(-c3ccc(OC)c(OC)c3)cs2)cc1. The number of aromatic nitrogens is 1. The summed E-state index contributed by atoms with van der Waals surface area (Å²) in [5, 5.41) is 15.1. The zero-order valence-corrected chi connectivity index (χ0v) is 17.4. The van der Waals surface area contributed by atoms with Gasteiger partial charge in [-0.25, -0.2) is 9.78 Å². The maximum absolute atomic E-state index is 11.5. The predicted molar refractivity (Wildman–Crippen MR) is 116 cm³/mol. The van der Waals surface area contributed by atoms with E-state index in [0.29, 0.717) is 27.6 Å². The summed E-state index contributed by atoms with van der Waals surface area (Å²) < 4.78 is 15.3. The Morgan fingerprint density at radius 3 is 2.47 bits per heavy atom. The summed E-state index contributed by atoms with van der Waals surface area (Å²) in [6.07, 6.45) is 1.59. The monoisotopic (exact) mass is 421 g/mol. The van der Waals surface area contributed by atoms with E-state index in [-0.39, 0.29) is 0 Å². The van der Waals surface area contributed by atoms with Gasteiger partial charge in [0.15, 0.2) is 11.5 Å². The number of hydrogen-bond acceptors (Lipinski definition) is 8. The summed E-state index contributed by atoms with van der Waals surface area (Å²) in [6, 6.07) is 14.5. The first-order valence-corrected chi connectivity index (χ1v) is 9.71. The second kappa shape index (κ2) is 9.58. The number of methoxy groups -OCH3 is 3. The van der Waals surface area contributed by atoms with Gasteiger partial charge in [0.05, 0.1) is 32.6 Å². The number of benzene rings is 2. The Kier molecular flexibility index (Phi) is 6.67. The standard InChI is InChI=1S/C22H19N3O4S/c1-27-19-9-6-15(10-20(19)28-2)18-13-30-21(25-18)16(11-23)12-24-17-7-4-14(5-8-17)22(26)29-3/h4-10,12-13,24H,1-3H3. The third kappa shape index (κ3) is 4.59. The zero-order valence-electron chi connectivity index (χ0n) is 16.6. The molecule has 0 radical (unpaired) electrons. The normalized spacial score (nSPS) is 10.8. The number of ether oxygens (including phenoxy) is 3. The lowest BCUT2D eigenvalue weighted by Crippen LogP contribution is -2.00. The molecule has 30 heavy (non-hydrogen) atoms. The minimum Gasteiger partial charge on any atom is -0.493 e. The Morgan fingerprint density at radius 2 is 1.83 bits per heavy atom. The summed E-state index contributed by atoms with van der Waals surface area (Å²) >= 11 is 1.37. The third-order valence-corrected chi connectivity index (χ3v) is 5.10. The van der Waals surface area contributed by atoms with E-state index in [0.717, 1.165) is 16.9 Å². The molecule has 1 heterocycles. The number of allylic oxidation sites excluding steroid dienone is 1. The number of nitrogens with zero attached hydrogens (tertiary/aromatic N) is 2. The van der Waals surface area contributed by atoms with Crippen molar-refractivity contribution in [1.82, 2.24) is 4.98 Å². The van der Waals surface area contributed by atoms with E-state index < -0.39 is 5.97 Å².